The molecule has 0 saturated heterocycles. The third-order valence-electron chi connectivity index (χ3n) is 3.00. The SMILES string of the molecule is c1ccc2sc(SCc3nnc(C4CC4)o3)nc2c1. The van der Waals surface area contributed by atoms with Gasteiger partial charge in [-0.15, -0.1) is 21.5 Å². The zero-order chi connectivity index (χ0) is 12.7. The molecule has 1 fully saturated rings. The largest absolute Gasteiger partial charge is 0.424 e. The fourth-order valence-electron chi connectivity index (χ4n) is 1.86. The van der Waals surface area contributed by atoms with Crippen LogP contribution in [0.3, 0.4) is 0 Å². The number of fused-ring (bicyclic) bond motifs is 1. The number of thiazole rings is 1. The molecule has 6 heteroatoms. The maximum atomic E-state index is 5.64. The Hall–Kier alpha value is -1.40. The molecule has 19 heavy (non-hydrogen) atoms. The summed E-state index contributed by atoms with van der Waals surface area (Å²) < 4.78 is 7.90. The van der Waals surface area contributed by atoms with E-state index in [0.29, 0.717) is 17.6 Å². The Bertz CT molecular complexity index is 684. The number of aromatic nitrogens is 3. The zero-order valence-electron chi connectivity index (χ0n) is 10.1. The van der Waals surface area contributed by atoms with Crippen LogP contribution in [0.5, 0.6) is 0 Å². The first-order chi connectivity index (χ1) is 9.38. The fraction of sp³-hybridized carbons (Fsp3) is 0.308. The van der Waals surface area contributed by atoms with Gasteiger partial charge in [0.05, 0.1) is 16.0 Å². The van der Waals surface area contributed by atoms with Gasteiger partial charge in [0.1, 0.15) is 0 Å². The molecule has 0 N–H and O–H groups in total. The van der Waals surface area contributed by atoms with Crippen molar-refractivity contribution in [2.24, 2.45) is 0 Å². The van der Waals surface area contributed by atoms with E-state index in [2.05, 4.69) is 21.2 Å². The molecule has 4 rings (SSSR count). The highest BCUT2D eigenvalue weighted by Gasteiger charge is 2.29. The first-order valence-corrected chi connectivity index (χ1v) is 7.99. The summed E-state index contributed by atoms with van der Waals surface area (Å²) in [6.45, 7) is 0. The second-order valence-corrected chi connectivity index (χ2v) is 6.80. The van der Waals surface area contributed by atoms with Gasteiger partial charge in [0.25, 0.3) is 0 Å². The molecule has 3 aromatic rings. The highest BCUT2D eigenvalue weighted by Crippen LogP contribution is 2.39. The molecule has 4 nitrogen and oxygen atoms in total. The predicted octanol–water partition coefficient (Wildman–Crippen LogP) is 3.85. The molecule has 2 aromatic heterocycles. The van der Waals surface area contributed by atoms with E-state index in [1.165, 1.54) is 17.5 Å². The summed E-state index contributed by atoms with van der Waals surface area (Å²) >= 11 is 3.36. The van der Waals surface area contributed by atoms with E-state index in [1.807, 2.05) is 18.2 Å². The first kappa shape index (κ1) is 11.4. The topological polar surface area (TPSA) is 51.8 Å². The monoisotopic (exact) mass is 289 g/mol. The van der Waals surface area contributed by atoms with E-state index in [4.69, 9.17) is 4.42 Å². The quantitative estimate of drug-likeness (QED) is 0.683. The maximum Gasteiger partial charge on any atom is 0.226 e. The summed E-state index contributed by atoms with van der Waals surface area (Å²) in [4.78, 5) is 4.57. The minimum atomic E-state index is 0.522. The van der Waals surface area contributed by atoms with Crippen molar-refractivity contribution >= 4 is 33.3 Å². The van der Waals surface area contributed by atoms with Crippen molar-refractivity contribution in [1.29, 1.82) is 0 Å². The Morgan fingerprint density at radius 2 is 2.16 bits per heavy atom. The first-order valence-electron chi connectivity index (χ1n) is 6.19. The van der Waals surface area contributed by atoms with Gasteiger partial charge in [-0.1, -0.05) is 23.9 Å². The van der Waals surface area contributed by atoms with Gasteiger partial charge in [0, 0.05) is 5.92 Å². The van der Waals surface area contributed by atoms with Gasteiger partial charge in [0.2, 0.25) is 11.8 Å². The summed E-state index contributed by atoms with van der Waals surface area (Å²) in [5, 5.41) is 8.17. The highest BCUT2D eigenvalue weighted by atomic mass is 32.2. The van der Waals surface area contributed by atoms with Crippen molar-refractivity contribution in [2.75, 3.05) is 0 Å². The maximum absolute atomic E-state index is 5.64. The van der Waals surface area contributed by atoms with E-state index >= 15 is 0 Å². The third kappa shape index (κ3) is 2.37. The van der Waals surface area contributed by atoms with Gasteiger partial charge in [0.15, 0.2) is 4.34 Å². The number of rotatable bonds is 4. The Morgan fingerprint density at radius 1 is 1.26 bits per heavy atom. The lowest BCUT2D eigenvalue weighted by Gasteiger charge is -1.91. The number of hydrogen-bond donors (Lipinski definition) is 0. The van der Waals surface area contributed by atoms with Crippen LogP contribution in [0.4, 0.5) is 0 Å². The average Bonchev–Trinajstić information content (AvgIpc) is 3.03. The summed E-state index contributed by atoms with van der Waals surface area (Å²) in [7, 11) is 0. The van der Waals surface area contributed by atoms with E-state index in [1.54, 1.807) is 23.1 Å². The van der Waals surface area contributed by atoms with Crippen molar-refractivity contribution in [3.05, 3.63) is 36.0 Å². The molecule has 1 aliphatic carbocycles. The number of thioether (sulfide) groups is 1. The summed E-state index contributed by atoms with van der Waals surface area (Å²) in [6, 6.07) is 8.17. The Morgan fingerprint density at radius 3 is 3.00 bits per heavy atom. The smallest absolute Gasteiger partial charge is 0.226 e. The molecule has 0 atom stereocenters. The van der Waals surface area contributed by atoms with Crippen LogP contribution in [0.1, 0.15) is 30.5 Å². The van der Waals surface area contributed by atoms with Gasteiger partial charge in [-0.05, 0) is 25.0 Å². The molecule has 2 heterocycles. The fourth-order valence-corrected chi connectivity index (χ4v) is 3.76. The predicted molar refractivity (Wildman–Crippen MR) is 75.5 cm³/mol. The third-order valence-corrected chi connectivity index (χ3v) is 5.17. The number of nitrogens with zero attached hydrogens (tertiary/aromatic N) is 3. The Labute approximate surface area is 118 Å². The van der Waals surface area contributed by atoms with Crippen LogP contribution in [0.25, 0.3) is 10.2 Å². The number of hydrogen-bond acceptors (Lipinski definition) is 6. The lowest BCUT2D eigenvalue weighted by Crippen LogP contribution is -1.79. The van der Waals surface area contributed by atoms with Gasteiger partial charge in [-0.2, -0.15) is 0 Å². The molecule has 0 spiro atoms. The number of benzene rings is 1. The van der Waals surface area contributed by atoms with Crippen LogP contribution < -0.4 is 0 Å². The van der Waals surface area contributed by atoms with E-state index in [9.17, 15) is 0 Å². The van der Waals surface area contributed by atoms with Gasteiger partial charge >= 0.3 is 0 Å². The molecular formula is C13H11N3OS2. The molecule has 0 aliphatic heterocycles. The van der Waals surface area contributed by atoms with Crippen LogP contribution in [-0.4, -0.2) is 15.2 Å². The Kier molecular flexibility index (Phi) is 2.77. The van der Waals surface area contributed by atoms with Gasteiger partial charge < -0.3 is 4.42 Å². The summed E-state index contributed by atoms with van der Waals surface area (Å²) in [5.74, 6) is 2.72. The molecule has 0 bridgehead atoms. The van der Waals surface area contributed by atoms with E-state index in [0.717, 1.165) is 15.7 Å². The minimum absolute atomic E-state index is 0.522. The number of para-hydroxylation sites is 1. The van der Waals surface area contributed by atoms with Gasteiger partial charge in [-0.25, -0.2) is 4.98 Å². The molecule has 96 valence electrons. The summed E-state index contributed by atoms with van der Waals surface area (Å²) in [5.41, 5.74) is 1.05. The van der Waals surface area contributed by atoms with Crippen molar-refractivity contribution in [1.82, 2.24) is 15.2 Å². The van der Waals surface area contributed by atoms with E-state index in [-0.39, 0.29) is 0 Å². The lowest BCUT2D eigenvalue weighted by molar-refractivity contribution is 0.466. The van der Waals surface area contributed by atoms with Crippen LogP contribution in [-0.2, 0) is 5.75 Å². The van der Waals surface area contributed by atoms with Crippen molar-refractivity contribution in [2.45, 2.75) is 28.9 Å². The summed E-state index contributed by atoms with van der Waals surface area (Å²) in [6.07, 6.45) is 2.37. The molecule has 1 aromatic carbocycles. The minimum Gasteiger partial charge on any atom is -0.424 e. The molecule has 0 radical (unpaired) electrons. The van der Waals surface area contributed by atoms with Crippen LogP contribution >= 0.6 is 23.1 Å². The van der Waals surface area contributed by atoms with Crippen LogP contribution in [0.15, 0.2) is 33.0 Å². The highest BCUT2D eigenvalue weighted by molar-refractivity contribution is 8.00. The van der Waals surface area contributed by atoms with Crippen LogP contribution in [0, 0.1) is 0 Å². The van der Waals surface area contributed by atoms with Crippen molar-refractivity contribution < 1.29 is 4.42 Å². The van der Waals surface area contributed by atoms with Crippen molar-refractivity contribution in [3.63, 3.8) is 0 Å². The van der Waals surface area contributed by atoms with Crippen LogP contribution in [0.2, 0.25) is 0 Å². The molecule has 0 amide bonds. The van der Waals surface area contributed by atoms with Crippen molar-refractivity contribution in [3.8, 4) is 0 Å². The second-order valence-electron chi connectivity index (χ2n) is 4.54. The lowest BCUT2D eigenvalue weighted by atomic mass is 10.3. The molecule has 1 aliphatic rings. The second kappa shape index (κ2) is 4.61. The molecular weight excluding hydrogens is 278 g/mol. The Balaban J connectivity index is 1.48. The standard InChI is InChI=1S/C13H11N3OS2/c1-2-4-10-9(3-1)14-13(19-10)18-7-11-15-16-12(17-11)8-5-6-8/h1-4,8H,5-7H2. The normalized spacial score (nSPS) is 15.2. The average molecular weight is 289 g/mol. The molecule has 0 unspecified atom stereocenters. The van der Waals surface area contributed by atoms with Gasteiger partial charge in [-0.3, -0.25) is 0 Å². The molecule has 1 saturated carbocycles. The van der Waals surface area contributed by atoms with E-state index < -0.39 is 0 Å². The zero-order valence-corrected chi connectivity index (χ0v) is 11.7.